The molecular weight excluding hydrogens is 494 g/mol. The van der Waals surface area contributed by atoms with Crippen molar-refractivity contribution in [2.24, 2.45) is 0 Å². The summed E-state index contributed by atoms with van der Waals surface area (Å²) in [4.78, 5) is 41.6. The number of hydrogen-bond acceptors (Lipinski definition) is 9. The molecule has 0 unspecified atom stereocenters. The van der Waals surface area contributed by atoms with Gasteiger partial charge >= 0.3 is 0 Å². The van der Waals surface area contributed by atoms with Gasteiger partial charge in [-0.1, -0.05) is 24.3 Å². The summed E-state index contributed by atoms with van der Waals surface area (Å²) in [6, 6.07) is 11.5. The Balaban J connectivity index is 1.50. The molecule has 3 aromatic rings. The molecule has 2 aliphatic rings. The van der Waals surface area contributed by atoms with Gasteiger partial charge in [-0.15, -0.1) is 0 Å². The number of furan rings is 1. The van der Waals surface area contributed by atoms with E-state index >= 15 is 0 Å². The molecule has 0 spiro atoms. The summed E-state index contributed by atoms with van der Waals surface area (Å²) in [6.07, 6.45) is 0.577. The average molecular weight is 522 g/mol. The van der Waals surface area contributed by atoms with Crippen molar-refractivity contribution in [1.29, 1.82) is 0 Å². The Morgan fingerprint density at radius 3 is 2.66 bits per heavy atom. The average Bonchev–Trinajstić information content (AvgIpc) is 3.48. The molecular formula is C27H27N3O8. The molecule has 11 heteroatoms. The molecule has 1 saturated heterocycles. The molecule has 1 amide bonds. The van der Waals surface area contributed by atoms with Crippen LogP contribution in [0.15, 0.2) is 64.3 Å². The van der Waals surface area contributed by atoms with Crippen molar-refractivity contribution in [3.8, 4) is 5.75 Å². The van der Waals surface area contributed by atoms with E-state index in [0.29, 0.717) is 48.5 Å². The molecule has 2 aromatic carbocycles. The van der Waals surface area contributed by atoms with Gasteiger partial charge in [0, 0.05) is 43.7 Å². The summed E-state index contributed by atoms with van der Waals surface area (Å²) >= 11 is 0. The van der Waals surface area contributed by atoms with Crippen molar-refractivity contribution >= 4 is 28.3 Å². The van der Waals surface area contributed by atoms with E-state index in [1.54, 1.807) is 24.3 Å². The predicted octanol–water partition coefficient (Wildman–Crippen LogP) is 3.65. The number of aliphatic hydroxyl groups is 1. The summed E-state index contributed by atoms with van der Waals surface area (Å²) in [6.45, 7) is 3.78. The fourth-order valence-corrected chi connectivity index (χ4v) is 5.00. The van der Waals surface area contributed by atoms with Gasteiger partial charge < -0.3 is 23.9 Å². The molecule has 1 fully saturated rings. The monoisotopic (exact) mass is 521 g/mol. The second-order valence-corrected chi connectivity index (χ2v) is 9.14. The third-order valence-corrected chi connectivity index (χ3v) is 6.87. The number of aliphatic hydroxyl groups excluding tert-OH is 1. The number of nitro groups is 1. The second kappa shape index (κ2) is 10.6. The molecule has 0 bridgehead atoms. The molecule has 5 rings (SSSR count). The van der Waals surface area contributed by atoms with Gasteiger partial charge in [0.05, 0.1) is 36.9 Å². The fourth-order valence-electron chi connectivity index (χ4n) is 5.00. The van der Waals surface area contributed by atoms with E-state index in [9.17, 15) is 24.8 Å². The molecule has 38 heavy (non-hydrogen) atoms. The van der Waals surface area contributed by atoms with E-state index in [1.807, 2.05) is 0 Å². The third kappa shape index (κ3) is 4.73. The minimum absolute atomic E-state index is 0.0792. The first kappa shape index (κ1) is 25.4. The van der Waals surface area contributed by atoms with E-state index in [1.165, 1.54) is 36.3 Å². The lowest BCUT2D eigenvalue weighted by molar-refractivity contribution is -0.384. The minimum atomic E-state index is -1.02. The number of benzene rings is 2. The number of nitrogens with zero attached hydrogens (tertiary/aromatic N) is 3. The molecule has 0 aliphatic carbocycles. The van der Waals surface area contributed by atoms with E-state index in [2.05, 4.69) is 4.90 Å². The van der Waals surface area contributed by atoms with Crippen LogP contribution in [0.3, 0.4) is 0 Å². The highest BCUT2D eigenvalue weighted by Crippen LogP contribution is 2.41. The first-order chi connectivity index (χ1) is 18.4. The zero-order chi connectivity index (χ0) is 26.8. The standard InChI is InChI=1S/C27H27N3O8/c1-36-20-8-3-6-18-16-21(38-26(18)20)24(31)22-23(17-5-2-7-19(15-17)30(34)35)29(27(33)25(22)32)10-4-9-28-11-13-37-14-12-28/h2-3,5-8,15-16,23,32H,4,9-14H2,1H3/t23-/m0/s1. The number of rotatable bonds is 9. The van der Waals surface area contributed by atoms with Crippen LogP contribution in [0, 0.1) is 10.1 Å². The Labute approximate surface area is 218 Å². The number of hydrogen-bond donors (Lipinski definition) is 1. The van der Waals surface area contributed by atoms with Crippen LogP contribution in [0.1, 0.15) is 28.6 Å². The molecule has 198 valence electrons. The van der Waals surface area contributed by atoms with Gasteiger partial charge in [-0.3, -0.25) is 24.6 Å². The van der Waals surface area contributed by atoms with Gasteiger partial charge in [0.25, 0.3) is 11.6 Å². The Kier molecular flexibility index (Phi) is 7.12. The number of ether oxygens (including phenoxy) is 2. The van der Waals surface area contributed by atoms with Gasteiger partial charge in [-0.25, -0.2) is 0 Å². The minimum Gasteiger partial charge on any atom is -0.503 e. The van der Waals surface area contributed by atoms with Gasteiger partial charge in [0.2, 0.25) is 5.78 Å². The number of ketones is 1. The van der Waals surface area contributed by atoms with Crippen LogP contribution in [-0.4, -0.2) is 78.0 Å². The van der Waals surface area contributed by atoms with Crippen molar-refractivity contribution in [2.45, 2.75) is 12.5 Å². The highest BCUT2D eigenvalue weighted by atomic mass is 16.6. The van der Waals surface area contributed by atoms with Crippen LogP contribution >= 0.6 is 0 Å². The van der Waals surface area contributed by atoms with Crippen LogP contribution < -0.4 is 4.74 Å². The van der Waals surface area contributed by atoms with Gasteiger partial charge in [-0.2, -0.15) is 0 Å². The number of Topliss-reactive ketones (excluding diaryl/α,β-unsaturated/α-hetero) is 1. The van der Waals surface area contributed by atoms with Crippen molar-refractivity contribution in [2.75, 3.05) is 46.5 Å². The Hall–Kier alpha value is -4.22. The molecule has 1 N–H and O–H groups in total. The predicted molar refractivity (Wildman–Crippen MR) is 136 cm³/mol. The summed E-state index contributed by atoms with van der Waals surface area (Å²) in [5.74, 6) is -1.72. The zero-order valence-corrected chi connectivity index (χ0v) is 20.8. The maximum absolute atomic E-state index is 13.8. The number of nitro benzene ring substituents is 1. The normalized spacial score (nSPS) is 18.4. The van der Waals surface area contributed by atoms with Gasteiger partial charge in [0.1, 0.15) is 0 Å². The van der Waals surface area contributed by atoms with Crippen molar-refractivity contribution in [3.05, 3.63) is 81.3 Å². The van der Waals surface area contributed by atoms with Gasteiger partial charge in [-0.05, 0) is 24.1 Å². The Morgan fingerprint density at radius 1 is 1.16 bits per heavy atom. The Bertz CT molecular complexity index is 1420. The van der Waals surface area contributed by atoms with E-state index in [4.69, 9.17) is 13.9 Å². The van der Waals surface area contributed by atoms with Crippen LogP contribution in [-0.2, 0) is 9.53 Å². The van der Waals surface area contributed by atoms with Crippen molar-refractivity contribution < 1.29 is 33.5 Å². The first-order valence-electron chi connectivity index (χ1n) is 12.3. The molecule has 0 radical (unpaired) electrons. The lowest BCUT2D eigenvalue weighted by atomic mass is 9.94. The smallest absolute Gasteiger partial charge is 0.290 e. The largest absolute Gasteiger partial charge is 0.503 e. The van der Waals surface area contributed by atoms with Crippen LogP contribution in [0.2, 0.25) is 0 Å². The first-order valence-corrected chi connectivity index (χ1v) is 12.3. The number of carbonyl (C=O) groups excluding carboxylic acids is 2. The highest BCUT2D eigenvalue weighted by Gasteiger charge is 2.44. The third-order valence-electron chi connectivity index (χ3n) is 6.87. The molecule has 3 heterocycles. The maximum Gasteiger partial charge on any atom is 0.290 e. The molecule has 11 nitrogen and oxygen atoms in total. The van der Waals surface area contributed by atoms with Crippen molar-refractivity contribution in [3.63, 3.8) is 0 Å². The van der Waals surface area contributed by atoms with Crippen LogP contribution in [0.4, 0.5) is 5.69 Å². The number of morpholine rings is 1. The highest BCUT2D eigenvalue weighted by molar-refractivity contribution is 6.16. The summed E-state index contributed by atoms with van der Waals surface area (Å²) < 4.78 is 16.5. The second-order valence-electron chi connectivity index (χ2n) is 9.14. The molecule has 2 aliphatic heterocycles. The molecule has 1 aromatic heterocycles. The number of para-hydroxylation sites is 1. The van der Waals surface area contributed by atoms with Gasteiger partial charge in [0.15, 0.2) is 22.9 Å². The topological polar surface area (TPSA) is 136 Å². The number of amides is 1. The van der Waals surface area contributed by atoms with E-state index in [0.717, 1.165) is 13.1 Å². The number of fused-ring (bicyclic) bond motifs is 1. The van der Waals surface area contributed by atoms with E-state index in [-0.39, 0.29) is 23.6 Å². The van der Waals surface area contributed by atoms with Crippen LogP contribution in [0.25, 0.3) is 11.0 Å². The number of non-ortho nitro benzene ring substituents is 1. The number of carbonyl (C=O) groups is 2. The molecule has 0 saturated carbocycles. The summed E-state index contributed by atoms with van der Waals surface area (Å²) in [5.41, 5.74) is 0.340. The van der Waals surface area contributed by atoms with Crippen LogP contribution in [0.5, 0.6) is 5.75 Å². The number of methoxy groups -OCH3 is 1. The summed E-state index contributed by atoms with van der Waals surface area (Å²) in [7, 11) is 1.48. The van der Waals surface area contributed by atoms with Crippen molar-refractivity contribution in [1.82, 2.24) is 9.80 Å². The summed E-state index contributed by atoms with van der Waals surface area (Å²) in [5, 5.41) is 23.0. The van der Waals surface area contributed by atoms with E-state index < -0.39 is 28.4 Å². The fraction of sp³-hybridized carbons (Fsp3) is 0.333. The molecule has 1 atom stereocenters. The lowest BCUT2D eigenvalue weighted by Gasteiger charge is -2.29. The Morgan fingerprint density at radius 2 is 1.92 bits per heavy atom. The zero-order valence-electron chi connectivity index (χ0n) is 20.8. The maximum atomic E-state index is 13.8. The SMILES string of the molecule is COc1cccc2cc(C(=O)C3=C(O)C(=O)N(CCCN4CCOCC4)[C@H]3c3cccc([N+](=O)[O-])c3)oc12. The lowest BCUT2D eigenvalue weighted by Crippen LogP contribution is -2.39. The quantitative estimate of drug-likeness (QED) is 0.254.